The average Bonchev–Trinajstić information content (AvgIpc) is 3.44. The third kappa shape index (κ3) is 61.1. The first-order chi connectivity index (χ1) is 38.5. The zero-order chi connectivity index (χ0) is 56.4. The third-order valence-electron chi connectivity index (χ3n) is 11.8. The molecule has 0 radical (unpaired) electrons. The van der Waals surface area contributed by atoms with Gasteiger partial charge in [0.25, 0.3) is 0 Å². The van der Waals surface area contributed by atoms with Crippen LogP contribution in [0.2, 0.25) is 0 Å². The van der Waals surface area contributed by atoms with Crippen LogP contribution in [0, 0.1) is 0 Å². The number of rotatable bonds is 52. The number of unbranched alkanes of at least 4 members (excludes halogenated alkanes) is 9. The van der Waals surface area contributed by atoms with Crippen LogP contribution in [0.25, 0.3) is 0 Å². The summed E-state index contributed by atoms with van der Waals surface area (Å²) in [5, 5.41) is 0. The maximum absolute atomic E-state index is 12.8. The molecule has 0 aromatic rings. The lowest BCUT2D eigenvalue weighted by Crippen LogP contribution is -2.30. The van der Waals surface area contributed by atoms with Crippen LogP contribution in [0.3, 0.4) is 0 Å². The van der Waals surface area contributed by atoms with E-state index in [1.165, 1.54) is 19.3 Å². The molecule has 0 aliphatic heterocycles. The molecule has 0 N–H and O–H groups in total. The lowest BCUT2D eigenvalue weighted by molar-refractivity contribution is -0.167. The standard InChI is InChI=1S/C72H108O6/c1-4-7-10-13-16-18-20-22-24-26-28-30-32-34-36-38-40-42-44-46-48-50-52-54-56-59-62-65-71(74)77-68-69(67-76-70(73)64-61-58-15-12-9-6-3)78-72(75)66-63-60-57-55-53-51-49-47-45-43-41-39-37-35-33-31-29-27-25-23-21-19-17-14-11-8-5-2/h7-8,10-11,16-19,22-25,28-31,34-37,40-43,46-49,52-55,69H,4-6,9,12-15,20-21,26-27,32-33,38-39,44-45,50-51,56-68H2,1-3H3/b10-7-,11-8-,18-16-,19-17-,24-22-,25-23-,30-28-,31-29-,36-34-,37-35-,42-40-,43-41-,48-46-,49-47-,54-52-,55-53-. The van der Waals surface area contributed by atoms with Crippen LogP contribution in [-0.2, 0) is 28.6 Å². The smallest absolute Gasteiger partial charge is 0.306 e. The van der Waals surface area contributed by atoms with Crippen molar-refractivity contribution in [2.75, 3.05) is 13.2 Å². The molecule has 1 atom stereocenters. The fourth-order valence-electron chi connectivity index (χ4n) is 7.35. The zero-order valence-electron chi connectivity index (χ0n) is 49.3. The van der Waals surface area contributed by atoms with Gasteiger partial charge in [-0.05, 0) is 148 Å². The van der Waals surface area contributed by atoms with Gasteiger partial charge >= 0.3 is 17.9 Å². The zero-order valence-corrected chi connectivity index (χ0v) is 49.3. The molecular weight excluding hydrogens is 961 g/mol. The molecule has 6 nitrogen and oxygen atoms in total. The number of esters is 3. The highest BCUT2D eigenvalue weighted by Crippen LogP contribution is 2.11. The first-order valence-electron chi connectivity index (χ1n) is 30.4. The molecule has 0 fully saturated rings. The Labute approximate surface area is 477 Å². The SMILES string of the molecule is CC/C=C\C/C=C\C/C=C\C/C=C\C/C=C\C/C=C\C/C=C\C/C=C\CCCCC(=O)OCC(COC(=O)CCCCCCCC)OC(=O)CCCC/C=C\C/C=C\C/C=C\C/C=C\C/C=C\C/C=C\C/C=C\C/C=C\CC. The summed E-state index contributed by atoms with van der Waals surface area (Å²) in [4.78, 5) is 37.9. The monoisotopic (exact) mass is 1070 g/mol. The van der Waals surface area contributed by atoms with Gasteiger partial charge in [-0.25, -0.2) is 0 Å². The Morgan fingerprint density at radius 1 is 0.269 bits per heavy atom. The predicted molar refractivity (Wildman–Crippen MR) is 338 cm³/mol. The molecule has 432 valence electrons. The highest BCUT2D eigenvalue weighted by Gasteiger charge is 2.19. The minimum Gasteiger partial charge on any atom is -0.462 e. The minimum absolute atomic E-state index is 0.120. The van der Waals surface area contributed by atoms with Crippen molar-refractivity contribution in [1.29, 1.82) is 0 Å². The molecule has 0 saturated carbocycles. The van der Waals surface area contributed by atoms with Crippen molar-refractivity contribution >= 4 is 17.9 Å². The lowest BCUT2D eigenvalue weighted by Gasteiger charge is -2.18. The number of carbonyl (C=O) groups excluding carboxylic acids is 3. The molecule has 0 amide bonds. The van der Waals surface area contributed by atoms with Gasteiger partial charge in [0, 0.05) is 19.3 Å². The van der Waals surface area contributed by atoms with E-state index in [0.717, 1.165) is 148 Å². The van der Waals surface area contributed by atoms with Gasteiger partial charge in [0.15, 0.2) is 6.10 Å². The largest absolute Gasteiger partial charge is 0.462 e. The van der Waals surface area contributed by atoms with Gasteiger partial charge in [-0.2, -0.15) is 0 Å². The highest BCUT2D eigenvalue weighted by atomic mass is 16.6. The van der Waals surface area contributed by atoms with E-state index in [-0.39, 0.29) is 44.0 Å². The van der Waals surface area contributed by atoms with E-state index in [2.05, 4.69) is 215 Å². The normalized spacial score (nSPS) is 13.5. The fourth-order valence-corrected chi connectivity index (χ4v) is 7.35. The van der Waals surface area contributed by atoms with E-state index in [9.17, 15) is 14.4 Å². The van der Waals surface area contributed by atoms with Crippen LogP contribution in [0.1, 0.15) is 220 Å². The molecule has 0 aliphatic carbocycles. The van der Waals surface area contributed by atoms with Gasteiger partial charge in [0.05, 0.1) is 0 Å². The quantitative estimate of drug-likeness (QED) is 0.0261. The van der Waals surface area contributed by atoms with Crippen LogP contribution in [0.5, 0.6) is 0 Å². The van der Waals surface area contributed by atoms with Crippen LogP contribution in [0.15, 0.2) is 194 Å². The Bertz CT molecular complexity index is 1900. The van der Waals surface area contributed by atoms with Gasteiger partial charge in [-0.1, -0.05) is 247 Å². The third-order valence-corrected chi connectivity index (χ3v) is 11.8. The Morgan fingerprint density at radius 2 is 0.500 bits per heavy atom. The predicted octanol–water partition coefficient (Wildman–Crippen LogP) is 21.0. The maximum Gasteiger partial charge on any atom is 0.306 e. The molecule has 0 saturated heterocycles. The molecule has 6 heteroatoms. The van der Waals surface area contributed by atoms with Crippen molar-refractivity contribution in [2.45, 2.75) is 226 Å². The second-order valence-electron chi connectivity index (χ2n) is 19.1. The van der Waals surface area contributed by atoms with E-state index < -0.39 is 6.10 Å². The molecule has 0 bridgehead atoms. The summed E-state index contributed by atoms with van der Waals surface area (Å²) >= 11 is 0. The maximum atomic E-state index is 12.8. The second kappa shape index (κ2) is 63.8. The average molecular weight is 1070 g/mol. The van der Waals surface area contributed by atoms with Crippen molar-refractivity contribution in [3.05, 3.63) is 194 Å². The second-order valence-corrected chi connectivity index (χ2v) is 19.1. The summed E-state index contributed by atoms with van der Waals surface area (Å²) in [5.41, 5.74) is 0. The summed E-state index contributed by atoms with van der Waals surface area (Å²) < 4.78 is 16.7. The van der Waals surface area contributed by atoms with Crippen LogP contribution < -0.4 is 0 Å². The van der Waals surface area contributed by atoms with E-state index >= 15 is 0 Å². The van der Waals surface area contributed by atoms with E-state index in [1.54, 1.807) is 0 Å². The molecule has 78 heavy (non-hydrogen) atoms. The topological polar surface area (TPSA) is 78.9 Å². The summed E-state index contributed by atoms with van der Waals surface area (Å²) in [5.74, 6) is -1.03. The molecule has 0 aromatic carbocycles. The van der Waals surface area contributed by atoms with E-state index in [4.69, 9.17) is 14.2 Å². The Kier molecular flexibility index (Phi) is 59.1. The first kappa shape index (κ1) is 72.2. The summed E-state index contributed by atoms with van der Waals surface area (Å²) in [6, 6.07) is 0. The number of hydrogen-bond acceptors (Lipinski definition) is 6. The van der Waals surface area contributed by atoms with Crippen LogP contribution in [0.4, 0.5) is 0 Å². The molecule has 0 aliphatic rings. The molecule has 0 aromatic heterocycles. The molecule has 1 unspecified atom stereocenters. The first-order valence-corrected chi connectivity index (χ1v) is 30.4. The molecular formula is C72H108O6. The molecule has 0 rings (SSSR count). The van der Waals surface area contributed by atoms with Crippen LogP contribution >= 0.6 is 0 Å². The fraction of sp³-hybridized carbons (Fsp3) is 0.514. The Hall–Kier alpha value is -5.75. The van der Waals surface area contributed by atoms with Crippen molar-refractivity contribution in [1.82, 2.24) is 0 Å². The number of carbonyl (C=O) groups is 3. The Balaban J connectivity index is 4.37. The molecule has 0 spiro atoms. The van der Waals surface area contributed by atoms with Gasteiger partial charge in [-0.15, -0.1) is 0 Å². The van der Waals surface area contributed by atoms with E-state index in [1.807, 2.05) is 0 Å². The van der Waals surface area contributed by atoms with Gasteiger partial charge in [-0.3, -0.25) is 14.4 Å². The van der Waals surface area contributed by atoms with Crippen molar-refractivity contribution in [3.63, 3.8) is 0 Å². The lowest BCUT2D eigenvalue weighted by atomic mass is 10.1. The Morgan fingerprint density at radius 3 is 0.782 bits per heavy atom. The van der Waals surface area contributed by atoms with Gasteiger partial charge in [0.1, 0.15) is 13.2 Å². The van der Waals surface area contributed by atoms with E-state index in [0.29, 0.717) is 19.3 Å². The van der Waals surface area contributed by atoms with Crippen molar-refractivity contribution < 1.29 is 28.6 Å². The van der Waals surface area contributed by atoms with Gasteiger partial charge < -0.3 is 14.2 Å². The number of hydrogen-bond donors (Lipinski definition) is 0. The summed E-state index contributed by atoms with van der Waals surface area (Å²) in [6.45, 7) is 6.25. The molecule has 0 heterocycles. The summed E-state index contributed by atoms with van der Waals surface area (Å²) in [6.07, 6.45) is 97.5. The number of ether oxygens (including phenoxy) is 3. The van der Waals surface area contributed by atoms with Crippen molar-refractivity contribution in [3.8, 4) is 0 Å². The highest BCUT2D eigenvalue weighted by molar-refractivity contribution is 5.71. The summed E-state index contributed by atoms with van der Waals surface area (Å²) in [7, 11) is 0. The van der Waals surface area contributed by atoms with Gasteiger partial charge in [0.2, 0.25) is 0 Å². The number of allylic oxidation sites excluding steroid dienone is 32. The van der Waals surface area contributed by atoms with Crippen LogP contribution in [-0.4, -0.2) is 37.2 Å². The van der Waals surface area contributed by atoms with Crippen molar-refractivity contribution in [2.24, 2.45) is 0 Å². The minimum atomic E-state index is -0.829.